The van der Waals surface area contributed by atoms with Crippen molar-refractivity contribution in [3.05, 3.63) is 100.0 Å². The minimum absolute atomic E-state index is 0.0404. The molecule has 0 unspecified atom stereocenters. The summed E-state index contributed by atoms with van der Waals surface area (Å²) in [7, 11) is 3.34. The molecule has 252 valence electrons. The molecule has 1 aliphatic heterocycles. The highest BCUT2D eigenvalue weighted by Gasteiger charge is 2.36. The molecule has 1 aliphatic carbocycles. The largest absolute Gasteiger partial charge is 0.385 e. The summed E-state index contributed by atoms with van der Waals surface area (Å²) in [6.45, 7) is 3.72. The van der Waals surface area contributed by atoms with Crippen LogP contribution in [0.4, 0.5) is 10.6 Å². The maximum atomic E-state index is 13.8. The zero-order valence-corrected chi connectivity index (χ0v) is 27.8. The minimum Gasteiger partial charge on any atom is -0.385 e. The van der Waals surface area contributed by atoms with Crippen LogP contribution in [0.25, 0.3) is 16.9 Å². The van der Waals surface area contributed by atoms with Crippen LogP contribution in [0.2, 0.25) is 0 Å². The average Bonchev–Trinajstić information content (AvgIpc) is 3.66. The molecule has 0 spiro atoms. The first kappa shape index (κ1) is 33.2. The van der Waals surface area contributed by atoms with Gasteiger partial charge in [0.1, 0.15) is 11.4 Å². The molecule has 4 aromatic rings. The first-order valence-electron chi connectivity index (χ1n) is 16.7. The second kappa shape index (κ2) is 15.0. The number of nitrogens with zero attached hydrogens (tertiary/aromatic N) is 3. The van der Waals surface area contributed by atoms with E-state index in [2.05, 4.69) is 28.1 Å². The number of hydrogen-bond acceptors (Lipinski definition) is 6. The van der Waals surface area contributed by atoms with E-state index < -0.39 is 11.5 Å². The molecule has 0 bridgehead atoms. The predicted molar refractivity (Wildman–Crippen MR) is 185 cm³/mol. The molecule has 2 aromatic heterocycles. The van der Waals surface area contributed by atoms with E-state index in [9.17, 15) is 14.4 Å². The predicted octanol–water partition coefficient (Wildman–Crippen LogP) is 5.18. The number of benzene rings is 2. The van der Waals surface area contributed by atoms with Gasteiger partial charge in [-0.3, -0.25) is 14.9 Å². The summed E-state index contributed by atoms with van der Waals surface area (Å²) in [5.74, 6) is 0.702. The van der Waals surface area contributed by atoms with E-state index in [0.717, 1.165) is 24.9 Å². The maximum absolute atomic E-state index is 13.8. The van der Waals surface area contributed by atoms with Crippen LogP contribution in [0.3, 0.4) is 0 Å². The molecule has 2 fully saturated rings. The first-order chi connectivity index (χ1) is 23.3. The number of methoxy groups -OCH3 is 1. The Balaban J connectivity index is 1.30. The maximum Gasteiger partial charge on any atom is 0.320 e. The van der Waals surface area contributed by atoms with Gasteiger partial charge in [-0.2, -0.15) is 5.10 Å². The van der Waals surface area contributed by atoms with Gasteiger partial charge in [0.15, 0.2) is 0 Å². The lowest BCUT2D eigenvalue weighted by Crippen LogP contribution is -2.41. The monoisotopic (exact) mass is 652 g/mol. The quantitative estimate of drug-likeness (QED) is 0.217. The van der Waals surface area contributed by atoms with Crippen molar-refractivity contribution in [1.29, 1.82) is 0 Å². The summed E-state index contributed by atoms with van der Waals surface area (Å²) >= 11 is 0. The molecule has 11 heteroatoms. The number of ether oxygens (including phenoxy) is 2. The van der Waals surface area contributed by atoms with Crippen LogP contribution in [0.15, 0.2) is 77.7 Å². The van der Waals surface area contributed by atoms with Gasteiger partial charge in [0.25, 0.3) is 11.5 Å². The highest BCUT2D eigenvalue weighted by Crippen LogP contribution is 2.40. The van der Waals surface area contributed by atoms with E-state index >= 15 is 0 Å². The Morgan fingerprint density at radius 3 is 2.42 bits per heavy atom. The van der Waals surface area contributed by atoms with E-state index in [0.29, 0.717) is 61.2 Å². The van der Waals surface area contributed by atoms with Gasteiger partial charge in [0.05, 0.1) is 11.4 Å². The lowest BCUT2D eigenvalue weighted by molar-refractivity contribution is 0.0695. The molecule has 0 radical (unpaired) electrons. The third-order valence-electron chi connectivity index (χ3n) is 9.55. The van der Waals surface area contributed by atoms with Gasteiger partial charge < -0.3 is 24.7 Å². The molecule has 3 atom stereocenters. The number of para-hydroxylation sites is 1. The van der Waals surface area contributed by atoms with E-state index in [4.69, 9.17) is 14.6 Å². The fourth-order valence-corrected chi connectivity index (χ4v) is 6.99. The molecule has 3 amide bonds. The second-order valence-electron chi connectivity index (χ2n) is 12.8. The Labute approximate surface area is 280 Å². The molecule has 11 nitrogen and oxygen atoms in total. The number of nitrogens with one attached hydrogen (secondary N) is 3. The van der Waals surface area contributed by atoms with Crippen molar-refractivity contribution in [2.45, 2.75) is 57.0 Å². The second-order valence-corrected chi connectivity index (χ2v) is 12.8. The Hall–Kier alpha value is -4.74. The van der Waals surface area contributed by atoms with E-state index in [1.165, 1.54) is 10.1 Å². The Kier molecular flexibility index (Phi) is 10.4. The van der Waals surface area contributed by atoms with Gasteiger partial charge >= 0.3 is 6.03 Å². The third-order valence-corrected chi connectivity index (χ3v) is 9.55. The van der Waals surface area contributed by atoms with Gasteiger partial charge in [0, 0.05) is 69.3 Å². The van der Waals surface area contributed by atoms with E-state index in [1.807, 2.05) is 55.5 Å². The summed E-state index contributed by atoms with van der Waals surface area (Å²) in [6.07, 6.45) is 5.84. The lowest BCUT2D eigenvalue weighted by atomic mass is 9.93. The number of anilines is 1. The van der Waals surface area contributed by atoms with Crippen LogP contribution in [-0.2, 0) is 16.5 Å². The number of carbonyl (C=O) groups excluding carboxylic acids is 2. The molecule has 1 saturated heterocycles. The lowest BCUT2D eigenvalue weighted by Gasteiger charge is -2.23. The summed E-state index contributed by atoms with van der Waals surface area (Å²) < 4.78 is 13.9. The van der Waals surface area contributed by atoms with Crippen LogP contribution in [0, 0.1) is 12.8 Å². The molecule has 48 heavy (non-hydrogen) atoms. The summed E-state index contributed by atoms with van der Waals surface area (Å²) in [6, 6.07) is 21.1. The van der Waals surface area contributed by atoms with Crippen LogP contribution >= 0.6 is 0 Å². The number of rotatable bonds is 10. The Morgan fingerprint density at radius 2 is 1.71 bits per heavy atom. The van der Waals surface area contributed by atoms with Crippen molar-refractivity contribution in [3.63, 3.8) is 0 Å². The molecular weight excluding hydrogens is 608 g/mol. The summed E-state index contributed by atoms with van der Waals surface area (Å²) in [5, 5.41) is 14.3. The van der Waals surface area contributed by atoms with Crippen LogP contribution in [0.1, 0.15) is 59.5 Å². The minimum atomic E-state index is -0.421. The molecular formula is C37H44N6O5. The van der Waals surface area contributed by atoms with Crippen LogP contribution < -0.4 is 21.5 Å². The highest BCUT2D eigenvalue weighted by atomic mass is 16.5. The van der Waals surface area contributed by atoms with E-state index in [1.54, 1.807) is 31.1 Å². The number of amides is 3. The zero-order chi connectivity index (χ0) is 33.6. The molecule has 2 aromatic carbocycles. The number of hydrogen-bond donors (Lipinski definition) is 3. The van der Waals surface area contributed by atoms with Crippen molar-refractivity contribution in [2.24, 2.45) is 13.0 Å². The Bertz CT molecular complexity index is 1780. The van der Waals surface area contributed by atoms with Crippen molar-refractivity contribution in [2.75, 3.05) is 32.2 Å². The van der Waals surface area contributed by atoms with Crippen LogP contribution in [-0.4, -0.2) is 65.3 Å². The normalized spacial score (nSPS) is 19.6. The molecule has 6 rings (SSSR count). The number of aryl methyl sites for hydroxylation is 1. The SMILES string of the molecule is COCC[C@@H]1C[C@@H](NC(=O)Nc2c(C)c(-c3cc(C(=O)NC4CCOCC4)c(=O)n(C)c3)nn2-c2ccccc2)[C@H](c2ccccc2)C1. The smallest absolute Gasteiger partial charge is 0.320 e. The number of urea groups is 1. The van der Waals surface area contributed by atoms with Gasteiger partial charge in [-0.1, -0.05) is 48.5 Å². The summed E-state index contributed by atoms with van der Waals surface area (Å²) in [4.78, 5) is 40.2. The van der Waals surface area contributed by atoms with Gasteiger partial charge in [0.2, 0.25) is 0 Å². The Morgan fingerprint density at radius 1 is 1.00 bits per heavy atom. The fraction of sp³-hybridized carbons (Fsp3) is 0.405. The van der Waals surface area contributed by atoms with Crippen molar-refractivity contribution < 1.29 is 19.1 Å². The van der Waals surface area contributed by atoms with Crippen molar-refractivity contribution in [3.8, 4) is 16.9 Å². The standard InChI is InChI=1S/C37H44N6O5/c1-24-33(27-22-31(36(45)42(2)23-27)35(44)38-28-15-18-48-19-16-28)41-43(29-12-8-5-9-13-29)34(24)40-37(46)39-32-21-25(14-17-47-3)20-30(32)26-10-6-4-7-11-26/h4-13,22-23,25,28,30,32H,14-21H2,1-3H3,(H,38,44)(H2,39,40,46)/t25-,30-,32+/m0/s1. The van der Waals surface area contributed by atoms with Crippen LogP contribution in [0.5, 0.6) is 0 Å². The van der Waals surface area contributed by atoms with E-state index in [-0.39, 0.29) is 29.6 Å². The topological polar surface area (TPSA) is 129 Å². The highest BCUT2D eigenvalue weighted by molar-refractivity contribution is 5.96. The molecule has 3 N–H and O–H groups in total. The summed E-state index contributed by atoms with van der Waals surface area (Å²) in [5.41, 5.74) is 3.45. The van der Waals surface area contributed by atoms with Gasteiger partial charge in [-0.05, 0) is 68.7 Å². The number of pyridine rings is 1. The average molecular weight is 653 g/mol. The number of aromatic nitrogens is 3. The molecule has 3 heterocycles. The van der Waals surface area contributed by atoms with Crippen molar-refractivity contribution >= 4 is 17.8 Å². The fourth-order valence-electron chi connectivity index (χ4n) is 6.99. The van der Waals surface area contributed by atoms with Crippen molar-refractivity contribution in [1.82, 2.24) is 25.0 Å². The third kappa shape index (κ3) is 7.37. The first-order valence-corrected chi connectivity index (χ1v) is 16.7. The molecule has 1 saturated carbocycles. The molecule has 2 aliphatic rings. The zero-order valence-electron chi connectivity index (χ0n) is 27.8. The van der Waals surface area contributed by atoms with Gasteiger partial charge in [-0.25, -0.2) is 9.48 Å². The van der Waals surface area contributed by atoms with Gasteiger partial charge in [-0.15, -0.1) is 0 Å². The number of carbonyl (C=O) groups is 2.